The largest absolute Gasteiger partial charge is 0.512 e. The number of hydrogen-bond acceptors (Lipinski definition) is 3. The summed E-state index contributed by atoms with van der Waals surface area (Å²) in [7, 11) is 1.41. The van der Waals surface area contributed by atoms with Crippen LogP contribution in [0.15, 0.2) is 36.1 Å². The lowest BCUT2D eigenvalue weighted by molar-refractivity contribution is -0.140. The molecule has 1 N–H and O–H groups in total. The number of hydrogen-bond donors (Lipinski definition) is 1. The zero-order valence-corrected chi connectivity index (χ0v) is 17.0. The van der Waals surface area contributed by atoms with Crippen molar-refractivity contribution in [1.82, 2.24) is 0 Å². The molecule has 0 aromatic carbocycles. The van der Waals surface area contributed by atoms with E-state index in [1.165, 1.54) is 19.1 Å². The molecule has 2 aliphatic carbocycles. The first kappa shape index (κ1) is 20.8. The number of allylic oxidation sites excluding steroid dienone is 3. The lowest BCUT2D eigenvalue weighted by atomic mass is 9.47. The molecule has 0 spiro atoms. The second kappa shape index (κ2) is 8.45. The molecule has 3 nitrogen and oxygen atoms in total. The molecule has 3 heteroatoms. The minimum atomic E-state index is -0.367. The van der Waals surface area contributed by atoms with Crippen LogP contribution in [0.5, 0.6) is 0 Å². The van der Waals surface area contributed by atoms with Gasteiger partial charge in [-0.15, -0.1) is 13.2 Å². The van der Waals surface area contributed by atoms with Crippen molar-refractivity contribution >= 4 is 5.97 Å². The Morgan fingerprint density at radius 1 is 1.38 bits per heavy atom. The van der Waals surface area contributed by atoms with Crippen molar-refractivity contribution in [3.63, 3.8) is 0 Å². The molecule has 26 heavy (non-hydrogen) atoms. The Labute approximate surface area is 159 Å². The summed E-state index contributed by atoms with van der Waals surface area (Å²) in [5.41, 5.74) is 1.72. The SMILES string of the molecule is C=CCC[C@@H]1C(C(=O)OC)=C(O)C[C@H]2CC[C@H](C)[C@@H](CCC(=C)C)[C@@]21C. The van der Waals surface area contributed by atoms with E-state index < -0.39 is 0 Å². The van der Waals surface area contributed by atoms with Crippen molar-refractivity contribution in [1.29, 1.82) is 0 Å². The van der Waals surface area contributed by atoms with Gasteiger partial charge in [0, 0.05) is 12.3 Å². The van der Waals surface area contributed by atoms with Gasteiger partial charge in [0.05, 0.1) is 12.7 Å². The molecule has 0 radical (unpaired) electrons. The molecule has 0 saturated heterocycles. The van der Waals surface area contributed by atoms with Gasteiger partial charge in [0.15, 0.2) is 0 Å². The van der Waals surface area contributed by atoms with Crippen molar-refractivity contribution in [2.75, 3.05) is 7.11 Å². The highest BCUT2D eigenvalue weighted by atomic mass is 16.5. The van der Waals surface area contributed by atoms with E-state index in [0.29, 0.717) is 29.7 Å². The first-order chi connectivity index (χ1) is 12.3. The number of rotatable bonds is 7. The normalized spacial score (nSPS) is 34.2. The third kappa shape index (κ3) is 3.77. The first-order valence-corrected chi connectivity index (χ1v) is 10.0. The second-order valence-corrected chi connectivity index (χ2v) is 8.69. The van der Waals surface area contributed by atoms with E-state index in [-0.39, 0.29) is 23.1 Å². The van der Waals surface area contributed by atoms with Gasteiger partial charge >= 0.3 is 5.97 Å². The summed E-state index contributed by atoms with van der Waals surface area (Å²) in [6.07, 6.45) is 8.61. The van der Waals surface area contributed by atoms with Gasteiger partial charge in [-0.2, -0.15) is 0 Å². The number of fused-ring (bicyclic) bond motifs is 1. The number of carbonyl (C=O) groups excluding carboxylic acids is 1. The van der Waals surface area contributed by atoms with Crippen molar-refractivity contribution in [3.05, 3.63) is 36.1 Å². The fourth-order valence-electron chi connectivity index (χ4n) is 5.72. The molecular weight excluding hydrogens is 324 g/mol. The van der Waals surface area contributed by atoms with Gasteiger partial charge in [-0.25, -0.2) is 4.79 Å². The van der Waals surface area contributed by atoms with Crippen molar-refractivity contribution < 1.29 is 14.6 Å². The van der Waals surface area contributed by atoms with Gasteiger partial charge in [0.2, 0.25) is 0 Å². The van der Waals surface area contributed by atoms with Gasteiger partial charge in [-0.1, -0.05) is 31.9 Å². The molecule has 0 bridgehead atoms. The Morgan fingerprint density at radius 3 is 2.65 bits per heavy atom. The van der Waals surface area contributed by atoms with Crippen molar-refractivity contribution in [2.45, 2.75) is 65.7 Å². The standard InChI is InChI=1S/C23H36O3/c1-7-8-9-19-21(22(25)26-6)20(24)14-17-12-11-16(4)18(23(17,19)5)13-10-15(2)3/h7,16-19,24H,1-2,8-14H2,3-6H3/t16-,17+,18+,19+,23+/m0/s1. The predicted octanol–water partition coefficient (Wildman–Crippen LogP) is 5.98. The zero-order chi connectivity index (χ0) is 19.5. The molecule has 2 rings (SSSR count). The molecule has 146 valence electrons. The number of aliphatic hydroxyl groups is 1. The Kier molecular flexibility index (Phi) is 6.76. The molecule has 0 aromatic rings. The molecule has 2 aliphatic rings. The van der Waals surface area contributed by atoms with Gasteiger partial charge in [-0.3, -0.25) is 0 Å². The van der Waals surface area contributed by atoms with Crippen LogP contribution in [-0.2, 0) is 9.53 Å². The highest BCUT2D eigenvalue weighted by Gasteiger charge is 2.55. The average molecular weight is 361 g/mol. The zero-order valence-electron chi connectivity index (χ0n) is 17.0. The van der Waals surface area contributed by atoms with Gasteiger partial charge < -0.3 is 9.84 Å². The molecule has 0 unspecified atom stereocenters. The lowest BCUT2D eigenvalue weighted by Crippen LogP contribution is -2.51. The minimum absolute atomic E-state index is 0.00806. The quantitative estimate of drug-likeness (QED) is 0.448. The summed E-state index contributed by atoms with van der Waals surface area (Å²) >= 11 is 0. The summed E-state index contributed by atoms with van der Waals surface area (Å²) < 4.78 is 5.06. The molecule has 0 amide bonds. The molecule has 0 aromatic heterocycles. The van der Waals surface area contributed by atoms with Crippen LogP contribution >= 0.6 is 0 Å². The monoisotopic (exact) mass is 360 g/mol. The topological polar surface area (TPSA) is 46.5 Å². The van der Waals surface area contributed by atoms with Crippen LogP contribution in [0.4, 0.5) is 0 Å². The number of esters is 1. The number of carbonyl (C=O) groups is 1. The van der Waals surface area contributed by atoms with E-state index in [4.69, 9.17) is 4.74 Å². The van der Waals surface area contributed by atoms with Crippen LogP contribution in [0.1, 0.15) is 65.7 Å². The highest BCUT2D eigenvalue weighted by Crippen LogP contribution is 2.61. The van der Waals surface area contributed by atoms with Crippen LogP contribution in [0.25, 0.3) is 0 Å². The fourth-order valence-corrected chi connectivity index (χ4v) is 5.72. The minimum Gasteiger partial charge on any atom is -0.512 e. The van der Waals surface area contributed by atoms with Crippen LogP contribution in [0, 0.1) is 29.1 Å². The van der Waals surface area contributed by atoms with Gasteiger partial charge in [0.25, 0.3) is 0 Å². The average Bonchev–Trinajstić information content (AvgIpc) is 2.59. The maximum Gasteiger partial charge on any atom is 0.337 e. The molecule has 0 aliphatic heterocycles. The molecular formula is C23H36O3. The smallest absolute Gasteiger partial charge is 0.337 e. The van der Waals surface area contributed by atoms with Gasteiger partial charge in [0.1, 0.15) is 5.76 Å². The van der Waals surface area contributed by atoms with E-state index in [0.717, 1.165) is 32.1 Å². The van der Waals surface area contributed by atoms with Crippen LogP contribution in [0.3, 0.4) is 0 Å². The molecule has 5 atom stereocenters. The number of aliphatic hydroxyl groups excluding tert-OH is 1. The Balaban J connectivity index is 2.50. The first-order valence-electron chi connectivity index (χ1n) is 10.0. The van der Waals surface area contributed by atoms with Crippen LogP contribution in [-0.4, -0.2) is 18.2 Å². The third-order valence-electron chi connectivity index (χ3n) is 7.13. The summed E-state index contributed by atoms with van der Waals surface area (Å²) in [6.45, 7) is 14.8. The fraction of sp³-hybridized carbons (Fsp3) is 0.696. The van der Waals surface area contributed by atoms with E-state index in [1.807, 2.05) is 6.08 Å². The number of methoxy groups -OCH3 is 1. The van der Waals surface area contributed by atoms with E-state index in [9.17, 15) is 9.90 Å². The van der Waals surface area contributed by atoms with Crippen LogP contribution < -0.4 is 0 Å². The summed E-state index contributed by atoms with van der Waals surface area (Å²) in [6, 6.07) is 0. The number of ether oxygens (including phenoxy) is 1. The highest BCUT2D eigenvalue weighted by molar-refractivity contribution is 5.90. The van der Waals surface area contributed by atoms with E-state index >= 15 is 0 Å². The molecule has 1 fully saturated rings. The summed E-state index contributed by atoms with van der Waals surface area (Å²) in [5.74, 6) is 1.44. The molecule has 1 saturated carbocycles. The maximum atomic E-state index is 12.5. The van der Waals surface area contributed by atoms with Crippen molar-refractivity contribution in [3.8, 4) is 0 Å². The molecule has 0 heterocycles. The van der Waals surface area contributed by atoms with Crippen LogP contribution in [0.2, 0.25) is 0 Å². The predicted molar refractivity (Wildman–Crippen MR) is 107 cm³/mol. The Morgan fingerprint density at radius 2 is 2.08 bits per heavy atom. The Hall–Kier alpha value is -1.51. The third-order valence-corrected chi connectivity index (χ3v) is 7.13. The van der Waals surface area contributed by atoms with Crippen molar-refractivity contribution in [2.24, 2.45) is 29.1 Å². The van der Waals surface area contributed by atoms with E-state index in [1.54, 1.807) is 0 Å². The lowest BCUT2D eigenvalue weighted by Gasteiger charge is -2.57. The maximum absolute atomic E-state index is 12.5. The van der Waals surface area contributed by atoms with Gasteiger partial charge in [-0.05, 0) is 62.2 Å². The van der Waals surface area contributed by atoms with E-state index in [2.05, 4.69) is 33.9 Å². The summed E-state index contributed by atoms with van der Waals surface area (Å²) in [4.78, 5) is 12.5. The summed E-state index contributed by atoms with van der Waals surface area (Å²) in [5, 5.41) is 10.7. The second-order valence-electron chi connectivity index (χ2n) is 8.69. The Bertz CT molecular complexity index is 588.